The summed E-state index contributed by atoms with van der Waals surface area (Å²) in [5.41, 5.74) is 3.23. The Kier molecular flexibility index (Phi) is 5.21. The zero-order valence-corrected chi connectivity index (χ0v) is 13.8. The van der Waals surface area contributed by atoms with E-state index in [1.165, 1.54) is 5.56 Å². The summed E-state index contributed by atoms with van der Waals surface area (Å²) in [5.74, 6) is 1.54. The van der Waals surface area contributed by atoms with Gasteiger partial charge >= 0.3 is 0 Å². The molecule has 0 spiro atoms. The summed E-state index contributed by atoms with van der Waals surface area (Å²) in [7, 11) is 0. The lowest BCUT2D eigenvalue weighted by molar-refractivity contribution is -0.121. The van der Waals surface area contributed by atoms with E-state index in [1.807, 2.05) is 43.3 Å². The number of ether oxygens (including phenoxy) is 2. The average molecular weight is 326 g/mol. The minimum atomic E-state index is 0.0292. The number of carbonyl (C=O) groups is 1. The molecule has 0 radical (unpaired) electrons. The summed E-state index contributed by atoms with van der Waals surface area (Å²) >= 11 is 0. The van der Waals surface area contributed by atoms with Crippen LogP contribution >= 0.6 is 0 Å². The molecule has 1 heterocycles. The second kappa shape index (κ2) is 7.73. The summed E-state index contributed by atoms with van der Waals surface area (Å²) in [4.78, 5) is 11.9. The summed E-state index contributed by atoms with van der Waals surface area (Å²) < 4.78 is 11.0. The molecule has 0 fully saturated rings. The first-order valence-electron chi connectivity index (χ1n) is 8.16. The second-order valence-corrected chi connectivity index (χ2v) is 5.80. The lowest BCUT2D eigenvalue weighted by Gasteiger charge is -2.19. The molecule has 1 amide bonds. The standard InChI is InChI=1S/C19H22N2O3/c1-14-3-2-4-15(11-14)13-21-19(22)7-8-20-16-5-6-17-18(12-16)24-10-9-23-17/h2-6,11-12,20H,7-10,13H2,1H3,(H,21,22). The van der Waals surface area contributed by atoms with Gasteiger partial charge in [0.1, 0.15) is 13.2 Å². The summed E-state index contributed by atoms with van der Waals surface area (Å²) in [6.07, 6.45) is 0.417. The molecule has 0 saturated carbocycles. The van der Waals surface area contributed by atoms with Crippen LogP contribution in [0, 0.1) is 6.92 Å². The van der Waals surface area contributed by atoms with Gasteiger partial charge in [-0.15, -0.1) is 0 Å². The summed E-state index contributed by atoms with van der Waals surface area (Å²) in [6.45, 7) is 4.32. The molecule has 0 atom stereocenters. The Hall–Kier alpha value is -2.69. The number of rotatable bonds is 6. The minimum Gasteiger partial charge on any atom is -0.486 e. The number of carbonyl (C=O) groups excluding carboxylic acids is 1. The highest BCUT2D eigenvalue weighted by Gasteiger charge is 2.11. The van der Waals surface area contributed by atoms with Crippen LogP contribution in [0.5, 0.6) is 11.5 Å². The number of aryl methyl sites for hydroxylation is 1. The Morgan fingerprint density at radius 1 is 1.08 bits per heavy atom. The molecular formula is C19H22N2O3. The molecule has 5 heteroatoms. The zero-order chi connectivity index (χ0) is 16.8. The maximum absolute atomic E-state index is 11.9. The van der Waals surface area contributed by atoms with E-state index in [0.29, 0.717) is 32.7 Å². The van der Waals surface area contributed by atoms with E-state index in [1.54, 1.807) is 0 Å². The number of anilines is 1. The Labute approximate surface area is 142 Å². The third-order valence-corrected chi connectivity index (χ3v) is 3.80. The molecule has 0 aliphatic carbocycles. The van der Waals surface area contributed by atoms with E-state index in [4.69, 9.17) is 9.47 Å². The van der Waals surface area contributed by atoms with Gasteiger partial charge in [0.25, 0.3) is 0 Å². The lowest BCUT2D eigenvalue weighted by Crippen LogP contribution is -2.24. The molecule has 3 rings (SSSR count). The van der Waals surface area contributed by atoms with Crippen LogP contribution in [0.3, 0.4) is 0 Å². The van der Waals surface area contributed by atoms with Gasteiger partial charge in [-0.1, -0.05) is 29.8 Å². The average Bonchev–Trinajstić information content (AvgIpc) is 2.60. The largest absolute Gasteiger partial charge is 0.486 e. The van der Waals surface area contributed by atoms with Gasteiger partial charge in [0.2, 0.25) is 5.91 Å². The molecule has 1 aliphatic rings. The number of hydrogen-bond donors (Lipinski definition) is 2. The SMILES string of the molecule is Cc1cccc(CNC(=O)CCNc2ccc3c(c2)OCCO3)c1. The molecule has 0 aromatic heterocycles. The molecule has 126 valence electrons. The normalized spacial score (nSPS) is 12.5. The third kappa shape index (κ3) is 4.41. The third-order valence-electron chi connectivity index (χ3n) is 3.80. The predicted molar refractivity (Wildman–Crippen MR) is 93.6 cm³/mol. The first kappa shape index (κ1) is 16.2. The van der Waals surface area contributed by atoms with Crippen LogP contribution in [0.25, 0.3) is 0 Å². The van der Waals surface area contributed by atoms with Gasteiger partial charge in [-0.25, -0.2) is 0 Å². The molecular weight excluding hydrogens is 304 g/mol. The highest BCUT2D eigenvalue weighted by molar-refractivity contribution is 5.76. The fraction of sp³-hybridized carbons (Fsp3) is 0.316. The van der Waals surface area contributed by atoms with E-state index in [-0.39, 0.29) is 5.91 Å². The van der Waals surface area contributed by atoms with Crippen LogP contribution in [0.2, 0.25) is 0 Å². The number of benzene rings is 2. The summed E-state index contributed by atoms with van der Waals surface area (Å²) in [6, 6.07) is 13.9. The zero-order valence-electron chi connectivity index (χ0n) is 13.8. The highest BCUT2D eigenvalue weighted by Crippen LogP contribution is 2.32. The van der Waals surface area contributed by atoms with Gasteiger partial charge in [0.05, 0.1) is 0 Å². The van der Waals surface area contributed by atoms with Crippen molar-refractivity contribution in [3.8, 4) is 11.5 Å². The van der Waals surface area contributed by atoms with E-state index in [0.717, 1.165) is 22.7 Å². The molecule has 2 aromatic carbocycles. The Balaban J connectivity index is 1.42. The van der Waals surface area contributed by atoms with Gasteiger partial charge in [0, 0.05) is 31.3 Å². The quantitative estimate of drug-likeness (QED) is 0.857. The fourth-order valence-corrected chi connectivity index (χ4v) is 2.58. The number of fused-ring (bicyclic) bond motifs is 1. The topological polar surface area (TPSA) is 59.6 Å². The van der Waals surface area contributed by atoms with Crippen molar-refractivity contribution in [2.45, 2.75) is 19.9 Å². The molecule has 0 saturated heterocycles. The monoisotopic (exact) mass is 326 g/mol. The minimum absolute atomic E-state index is 0.0292. The Morgan fingerprint density at radius 2 is 1.92 bits per heavy atom. The van der Waals surface area contributed by atoms with E-state index in [9.17, 15) is 4.79 Å². The maximum atomic E-state index is 11.9. The fourth-order valence-electron chi connectivity index (χ4n) is 2.58. The van der Waals surface area contributed by atoms with Crippen molar-refractivity contribution in [2.75, 3.05) is 25.1 Å². The molecule has 24 heavy (non-hydrogen) atoms. The second-order valence-electron chi connectivity index (χ2n) is 5.80. The van der Waals surface area contributed by atoms with Gasteiger partial charge in [-0.3, -0.25) is 4.79 Å². The molecule has 0 unspecified atom stereocenters. The molecule has 5 nitrogen and oxygen atoms in total. The van der Waals surface area contributed by atoms with Gasteiger partial charge in [-0.2, -0.15) is 0 Å². The maximum Gasteiger partial charge on any atom is 0.222 e. The highest BCUT2D eigenvalue weighted by atomic mass is 16.6. The smallest absolute Gasteiger partial charge is 0.222 e. The molecule has 1 aliphatic heterocycles. The van der Waals surface area contributed by atoms with Gasteiger partial charge in [-0.05, 0) is 24.6 Å². The van der Waals surface area contributed by atoms with Crippen molar-refractivity contribution < 1.29 is 14.3 Å². The predicted octanol–water partition coefficient (Wildman–Crippen LogP) is 2.88. The van der Waals surface area contributed by atoms with Crippen LogP contribution in [0.15, 0.2) is 42.5 Å². The summed E-state index contributed by atoms with van der Waals surface area (Å²) in [5, 5.41) is 6.18. The van der Waals surface area contributed by atoms with Gasteiger partial charge < -0.3 is 20.1 Å². The van der Waals surface area contributed by atoms with E-state index >= 15 is 0 Å². The number of nitrogens with one attached hydrogen (secondary N) is 2. The van der Waals surface area contributed by atoms with Crippen molar-refractivity contribution in [3.05, 3.63) is 53.6 Å². The van der Waals surface area contributed by atoms with Crippen LogP contribution < -0.4 is 20.1 Å². The van der Waals surface area contributed by atoms with Gasteiger partial charge in [0.15, 0.2) is 11.5 Å². The molecule has 0 bridgehead atoms. The lowest BCUT2D eigenvalue weighted by atomic mass is 10.1. The number of amides is 1. The van der Waals surface area contributed by atoms with Crippen LogP contribution in [-0.2, 0) is 11.3 Å². The van der Waals surface area contributed by atoms with Crippen molar-refractivity contribution in [1.29, 1.82) is 0 Å². The molecule has 2 aromatic rings. The first-order chi connectivity index (χ1) is 11.7. The first-order valence-corrected chi connectivity index (χ1v) is 8.16. The number of hydrogen-bond acceptors (Lipinski definition) is 4. The van der Waals surface area contributed by atoms with Crippen LogP contribution in [0.4, 0.5) is 5.69 Å². The van der Waals surface area contributed by atoms with Crippen molar-refractivity contribution in [1.82, 2.24) is 5.32 Å². The Bertz CT molecular complexity index is 716. The van der Waals surface area contributed by atoms with Crippen LogP contribution in [0.1, 0.15) is 17.5 Å². The van der Waals surface area contributed by atoms with Crippen molar-refractivity contribution in [2.24, 2.45) is 0 Å². The van der Waals surface area contributed by atoms with E-state index in [2.05, 4.69) is 16.7 Å². The van der Waals surface area contributed by atoms with Crippen molar-refractivity contribution in [3.63, 3.8) is 0 Å². The molecule has 2 N–H and O–H groups in total. The Morgan fingerprint density at radius 3 is 2.75 bits per heavy atom. The van der Waals surface area contributed by atoms with Crippen molar-refractivity contribution >= 4 is 11.6 Å². The van der Waals surface area contributed by atoms with Crippen LogP contribution in [-0.4, -0.2) is 25.7 Å². The van der Waals surface area contributed by atoms with E-state index < -0.39 is 0 Å².